The van der Waals surface area contributed by atoms with E-state index in [4.69, 9.17) is 4.74 Å². The van der Waals surface area contributed by atoms with Crippen LogP contribution in [0.1, 0.15) is 45.2 Å². The van der Waals surface area contributed by atoms with Crippen LogP contribution in [0.15, 0.2) is 24.3 Å². The van der Waals surface area contributed by atoms with Gasteiger partial charge in [-0.3, -0.25) is 0 Å². The Bertz CT molecular complexity index is 343. The summed E-state index contributed by atoms with van der Waals surface area (Å²) in [5.74, 6) is 0. The minimum Gasteiger partial charge on any atom is -0.380 e. The van der Waals surface area contributed by atoms with Crippen molar-refractivity contribution < 1.29 is 4.74 Å². The molecule has 0 atom stereocenters. The molecule has 0 saturated carbocycles. The second-order valence-electron chi connectivity index (χ2n) is 5.65. The van der Waals surface area contributed by atoms with Gasteiger partial charge < -0.3 is 10.1 Å². The normalized spacial score (nSPS) is 11.8. The summed E-state index contributed by atoms with van der Waals surface area (Å²) in [4.78, 5) is 0. The van der Waals surface area contributed by atoms with Crippen LogP contribution in [0.2, 0.25) is 0 Å². The third kappa shape index (κ3) is 5.75. The molecule has 0 saturated heterocycles. The summed E-state index contributed by atoms with van der Waals surface area (Å²) in [6, 6.07) is 9.00. The molecule has 0 fully saturated rings. The van der Waals surface area contributed by atoms with Crippen molar-refractivity contribution in [3.8, 4) is 0 Å². The van der Waals surface area contributed by atoms with Gasteiger partial charge in [-0.25, -0.2) is 0 Å². The molecule has 108 valence electrons. The lowest BCUT2D eigenvalue weighted by Gasteiger charge is -2.23. The zero-order valence-corrected chi connectivity index (χ0v) is 13.0. The average molecular weight is 263 g/mol. The number of benzene rings is 1. The first kappa shape index (κ1) is 16.2. The van der Waals surface area contributed by atoms with Crippen LogP contribution in [0.3, 0.4) is 0 Å². The Balaban J connectivity index is 2.32. The summed E-state index contributed by atoms with van der Waals surface area (Å²) in [7, 11) is 0. The Morgan fingerprint density at radius 2 is 1.74 bits per heavy atom. The monoisotopic (exact) mass is 263 g/mol. The SMILES string of the molecule is CCNCCOCCc1ccc(C(C)(C)CC)cc1. The minimum atomic E-state index is 0.279. The van der Waals surface area contributed by atoms with Gasteiger partial charge >= 0.3 is 0 Å². The maximum atomic E-state index is 5.60. The van der Waals surface area contributed by atoms with Crippen molar-refractivity contribution in [1.29, 1.82) is 0 Å². The van der Waals surface area contributed by atoms with Crippen LogP contribution in [0.25, 0.3) is 0 Å². The fraction of sp³-hybridized carbons (Fsp3) is 0.647. The first-order valence-electron chi connectivity index (χ1n) is 7.48. The fourth-order valence-electron chi connectivity index (χ4n) is 1.94. The Morgan fingerprint density at radius 1 is 1.05 bits per heavy atom. The molecule has 0 aliphatic rings. The van der Waals surface area contributed by atoms with Crippen molar-refractivity contribution in [1.82, 2.24) is 5.32 Å². The van der Waals surface area contributed by atoms with E-state index < -0.39 is 0 Å². The van der Waals surface area contributed by atoms with Crippen LogP contribution in [0.4, 0.5) is 0 Å². The molecule has 0 radical (unpaired) electrons. The molecule has 1 aromatic carbocycles. The van der Waals surface area contributed by atoms with Gasteiger partial charge in [0.2, 0.25) is 0 Å². The lowest BCUT2D eigenvalue weighted by atomic mass is 9.82. The van der Waals surface area contributed by atoms with Gasteiger partial charge in [0.25, 0.3) is 0 Å². The van der Waals surface area contributed by atoms with E-state index in [9.17, 15) is 0 Å². The summed E-state index contributed by atoms with van der Waals surface area (Å²) in [6.07, 6.45) is 2.17. The van der Waals surface area contributed by atoms with Crippen molar-refractivity contribution >= 4 is 0 Å². The number of likely N-dealkylation sites (N-methyl/N-ethyl adjacent to an activating group) is 1. The Labute approximate surface area is 118 Å². The molecule has 19 heavy (non-hydrogen) atoms. The molecule has 0 heterocycles. The molecule has 0 aromatic heterocycles. The molecular formula is C17H29NO. The van der Waals surface area contributed by atoms with Gasteiger partial charge in [0, 0.05) is 6.54 Å². The van der Waals surface area contributed by atoms with Crippen LogP contribution in [0.5, 0.6) is 0 Å². The predicted molar refractivity (Wildman–Crippen MR) is 82.8 cm³/mol. The van der Waals surface area contributed by atoms with Crippen molar-refractivity contribution in [3.05, 3.63) is 35.4 Å². The van der Waals surface area contributed by atoms with Crippen molar-refractivity contribution in [3.63, 3.8) is 0 Å². The summed E-state index contributed by atoms with van der Waals surface area (Å²) >= 11 is 0. The number of ether oxygens (including phenoxy) is 1. The maximum Gasteiger partial charge on any atom is 0.0591 e. The highest BCUT2D eigenvalue weighted by Gasteiger charge is 2.17. The van der Waals surface area contributed by atoms with Gasteiger partial charge in [0.1, 0.15) is 0 Å². The summed E-state index contributed by atoms with van der Waals surface area (Å²) in [5.41, 5.74) is 3.06. The lowest BCUT2D eigenvalue weighted by Crippen LogP contribution is -2.19. The van der Waals surface area contributed by atoms with E-state index >= 15 is 0 Å². The highest BCUT2D eigenvalue weighted by Crippen LogP contribution is 2.26. The Kier molecular flexibility index (Phi) is 7.11. The van der Waals surface area contributed by atoms with Crippen molar-refractivity contribution in [2.45, 2.75) is 46.0 Å². The van der Waals surface area contributed by atoms with Crippen LogP contribution in [0, 0.1) is 0 Å². The zero-order valence-electron chi connectivity index (χ0n) is 13.0. The molecule has 0 amide bonds. The molecule has 0 bridgehead atoms. The second kappa shape index (κ2) is 8.34. The highest BCUT2D eigenvalue weighted by molar-refractivity contribution is 5.28. The molecule has 1 aromatic rings. The van der Waals surface area contributed by atoms with Gasteiger partial charge in [-0.15, -0.1) is 0 Å². The van der Waals surface area contributed by atoms with E-state index in [2.05, 4.69) is 57.3 Å². The van der Waals surface area contributed by atoms with Gasteiger partial charge in [-0.1, -0.05) is 52.0 Å². The highest BCUT2D eigenvalue weighted by atomic mass is 16.5. The van der Waals surface area contributed by atoms with Gasteiger partial charge in [0.15, 0.2) is 0 Å². The van der Waals surface area contributed by atoms with Crippen LogP contribution in [-0.4, -0.2) is 26.3 Å². The fourth-order valence-corrected chi connectivity index (χ4v) is 1.94. The Morgan fingerprint density at radius 3 is 2.32 bits per heavy atom. The third-order valence-corrected chi connectivity index (χ3v) is 3.83. The second-order valence-corrected chi connectivity index (χ2v) is 5.65. The van der Waals surface area contributed by atoms with Crippen molar-refractivity contribution in [2.24, 2.45) is 0 Å². The van der Waals surface area contributed by atoms with E-state index in [0.29, 0.717) is 0 Å². The topological polar surface area (TPSA) is 21.3 Å². The largest absolute Gasteiger partial charge is 0.380 e. The van der Waals surface area contributed by atoms with Crippen molar-refractivity contribution in [2.75, 3.05) is 26.3 Å². The number of hydrogen-bond acceptors (Lipinski definition) is 2. The first-order valence-corrected chi connectivity index (χ1v) is 7.48. The van der Waals surface area contributed by atoms with E-state index in [-0.39, 0.29) is 5.41 Å². The molecule has 2 nitrogen and oxygen atoms in total. The molecule has 0 aliphatic heterocycles. The van der Waals surface area contributed by atoms with E-state index in [0.717, 1.165) is 32.7 Å². The molecule has 0 spiro atoms. The predicted octanol–water partition coefficient (Wildman–Crippen LogP) is 3.54. The number of hydrogen-bond donors (Lipinski definition) is 1. The molecule has 1 rings (SSSR count). The average Bonchev–Trinajstić information content (AvgIpc) is 2.43. The van der Waals surface area contributed by atoms with Crippen LogP contribution < -0.4 is 5.32 Å². The third-order valence-electron chi connectivity index (χ3n) is 3.83. The van der Waals surface area contributed by atoms with E-state index in [1.54, 1.807) is 0 Å². The molecule has 0 unspecified atom stereocenters. The van der Waals surface area contributed by atoms with Gasteiger partial charge in [0.05, 0.1) is 13.2 Å². The summed E-state index contributed by atoms with van der Waals surface area (Å²) in [6.45, 7) is 12.5. The van der Waals surface area contributed by atoms with E-state index in [1.165, 1.54) is 17.5 Å². The van der Waals surface area contributed by atoms with Gasteiger partial charge in [-0.05, 0) is 35.9 Å². The summed E-state index contributed by atoms with van der Waals surface area (Å²) < 4.78 is 5.60. The molecule has 1 N–H and O–H groups in total. The quantitative estimate of drug-likeness (QED) is 0.688. The maximum absolute atomic E-state index is 5.60. The smallest absolute Gasteiger partial charge is 0.0591 e. The molecule has 2 heteroatoms. The first-order chi connectivity index (χ1) is 9.10. The van der Waals surface area contributed by atoms with E-state index in [1.807, 2.05) is 0 Å². The standard InChI is InChI=1S/C17H29NO/c1-5-17(3,4)16-9-7-15(8-10-16)11-13-19-14-12-18-6-2/h7-10,18H,5-6,11-14H2,1-4H3. The zero-order chi connectivity index (χ0) is 14.1. The van der Waals surface area contributed by atoms with Crippen LogP contribution in [-0.2, 0) is 16.6 Å². The molecule has 0 aliphatic carbocycles. The van der Waals surface area contributed by atoms with Gasteiger partial charge in [-0.2, -0.15) is 0 Å². The lowest BCUT2D eigenvalue weighted by molar-refractivity contribution is 0.139. The molecular weight excluding hydrogens is 234 g/mol. The van der Waals surface area contributed by atoms with Crippen LogP contribution >= 0.6 is 0 Å². The summed E-state index contributed by atoms with van der Waals surface area (Å²) in [5, 5.41) is 3.25. The number of nitrogens with one attached hydrogen (secondary N) is 1. The minimum absolute atomic E-state index is 0.279. The number of rotatable bonds is 9. The Hall–Kier alpha value is -0.860.